The van der Waals surface area contributed by atoms with Gasteiger partial charge in [-0.3, -0.25) is 4.79 Å². The highest BCUT2D eigenvalue weighted by atomic mass is 16.6. The molecule has 1 aromatic carbocycles. The number of fused-ring (bicyclic) bond motifs is 1. The zero-order valence-electron chi connectivity index (χ0n) is 10.8. The van der Waals surface area contributed by atoms with Crippen molar-refractivity contribution >= 4 is 5.97 Å². The minimum atomic E-state index is -0.776. The second kappa shape index (κ2) is 4.42. The minimum absolute atomic E-state index is 0.330. The molecule has 0 bridgehead atoms. The van der Waals surface area contributed by atoms with Crippen molar-refractivity contribution in [2.45, 2.75) is 24.9 Å². The van der Waals surface area contributed by atoms with Gasteiger partial charge in [0, 0.05) is 12.7 Å². The van der Waals surface area contributed by atoms with Gasteiger partial charge in [0.25, 0.3) is 0 Å². The molecule has 0 amide bonds. The zero-order chi connectivity index (χ0) is 13.5. The van der Waals surface area contributed by atoms with Crippen LogP contribution in [0.4, 0.5) is 0 Å². The zero-order valence-corrected chi connectivity index (χ0v) is 10.8. The van der Waals surface area contributed by atoms with Gasteiger partial charge in [-0.05, 0) is 24.5 Å². The Labute approximate surface area is 111 Å². The topological polar surface area (TPSA) is 65.0 Å². The smallest absolute Gasteiger partial charge is 0.314 e. The van der Waals surface area contributed by atoms with E-state index in [2.05, 4.69) is 0 Å². The van der Waals surface area contributed by atoms with Gasteiger partial charge < -0.3 is 19.3 Å². The predicted molar refractivity (Wildman–Crippen MR) is 66.7 cm³/mol. The molecule has 1 N–H and O–H groups in total. The number of aliphatic carboxylic acids is 1. The number of carboxylic acid groups (broad SMARTS) is 1. The van der Waals surface area contributed by atoms with Gasteiger partial charge in [-0.1, -0.05) is 6.07 Å². The Morgan fingerprint density at radius 1 is 1.37 bits per heavy atom. The van der Waals surface area contributed by atoms with E-state index in [9.17, 15) is 9.90 Å². The molecule has 0 atom stereocenters. The number of carbonyl (C=O) groups is 1. The third-order valence-electron chi connectivity index (χ3n) is 3.78. The first-order chi connectivity index (χ1) is 9.19. The predicted octanol–water partition coefficient (Wildman–Crippen LogP) is 1.72. The van der Waals surface area contributed by atoms with E-state index in [4.69, 9.17) is 14.2 Å². The first-order valence-corrected chi connectivity index (χ1v) is 6.33. The summed E-state index contributed by atoms with van der Waals surface area (Å²) < 4.78 is 16.4. The second-order valence-electron chi connectivity index (χ2n) is 4.94. The second-order valence-corrected chi connectivity index (χ2v) is 4.94. The molecule has 1 heterocycles. The fourth-order valence-electron chi connectivity index (χ4n) is 2.63. The van der Waals surface area contributed by atoms with Gasteiger partial charge >= 0.3 is 5.97 Å². The number of ether oxygens (including phenoxy) is 3. The molecule has 1 aliphatic heterocycles. The summed E-state index contributed by atoms with van der Waals surface area (Å²) in [6.07, 6.45) is 1.33. The molecule has 2 aliphatic rings. The molecule has 0 spiro atoms. The van der Waals surface area contributed by atoms with Crippen molar-refractivity contribution in [3.8, 4) is 11.5 Å². The van der Waals surface area contributed by atoms with Crippen LogP contribution in [-0.4, -0.2) is 31.4 Å². The Bertz CT molecular complexity index is 519. The molecule has 1 aromatic rings. The molecule has 5 nitrogen and oxygen atoms in total. The lowest BCUT2D eigenvalue weighted by molar-refractivity contribution is -0.140. The summed E-state index contributed by atoms with van der Waals surface area (Å²) in [6, 6.07) is 3.63. The molecule has 1 aliphatic carbocycles. The molecule has 1 saturated carbocycles. The molecule has 0 saturated heterocycles. The maximum Gasteiger partial charge on any atom is 0.314 e. The highest BCUT2D eigenvalue weighted by Crippen LogP contribution is 2.52. The molecular weight excluding hydrogens is 248 g/mol. The van der Waals surface area contributed by atoms with Gasteiger partial charge in [0.05, 0.1) is 12.0 Å². The van der Waals surface area contributed by atoms with E-state index in [1.165, 1.54) is 0 Å². The van der Waals surface area contributed by atoms with Crippen molar-refractivity contribution in [2.75, 3.05) is 20.3 Å². The van der Waals surface area contributed by atoms with Gasteiger partial charge in [0.2, 0.25) is 0 Å². The fraction of sp³-hybridized carbons (Fsp3) is 0.500. The first-order valence-electron chi connectivity index (χ1n) is 6.33. The summed E-state index contributed by atoms with van der Waals surface area (Å²) in [7, 11) is 1.59. The van der Waals surface area contributed by atoms with Crippen LogP contribution < -0.4 is 9.47 Å². The van der Waals surface area contributed by atoms with E-state index in [1.54, 1.807) is 13.2 Å². The molecule has 0 aromatic heterocycles. The van der Waals surface area contributed by atoms with Crippen LogP contribution in [0.2, 0.25) is 0 Å². The molecule has 5 heteroatoms. The van der Waals surface area contributed by atoms with Crippen molar-refractivity contribution in [2.24, 2.45) is 0 Å². The van der Waals surface area contributed by atoms with Crippen LogP contribution in [0.3, 0.4) is 0 Å². The van der Waals surface area contributed by atoms with Gasteiger partial charge in [-0.15, -0.1) is 0 Å². The summed E-state index contributed by atoms with van der Waals surface area (Å²) in [6.45, 7) is 1.33. The Hall–Kier alpha value is -1.75. The maximum absolute atomic E-state index is 11.5. The monoisotopic (exact) mass is 264 g/mol. The number of hydrogen-bond donors (Lipinski definition) is 1. The summed E-state index contributed by atoms with van der Waals surface area (Å²) in [4.78, 5) is 11.5. The quantitative estimate of drug-likeness (QED) is 0.897. The summed E-state index contributed by atoms with van der Waals surface area (Å²) in [5.41, 5.74) is 0.842. The third kappa shape index (κ3) is 1.85. The number of hydrogen-bond acceptors (Lipinski definition) is 4. The highest BCUT2D eigenvalue weighted by molar-refractivity contribution is 5.86. The van der Waals surface area contributed by atoms with Crippen LogP contribution in [-0.2, 0) is 21.6 Å². The van der Waals surface area contributed by atoms with Crippen LogP contribution in [0.5, 0.6) is 11.5 Å². The molecular formula is C14H16O5. The Kier molecular flexibility index (Phi) is 2.86. The van der Waals surface area contributed by atoms with Crippen LogP contribution >= 0.6 is 0 Å². The fourth-order valence-corrected chi connectivity index (χ4v) is 2.63. The van der Waals surface area contributed by atoms with Crippen molar-refractivity contribution in [3.63, 3.8) is 0 Å². The highest BCUT2D eigenvalue weighted by Gasteiger charge is 2.53. The van der Waals surface area contributed by atoms with Crippen molar-refractivity contribution in [1.82, 2.24) is 0 Å². The summed E-state index contributed by atoms with van der Waals surface area (Å²) >= 11 is 0. The van der Waals surface area contributed by atoms with E-state index in [0.717, 1.165) is 11.1 Å². The molecule has 3 rings (SSSR count). The van der Waals surface area contributed by atoms with E-state index < -0.39 is 11.4 Å². The van der Waals surface area contributed by atoms with Crippen LogP contribution in [0.1, 0.15) is 24.0 Å². The van der Waals surface area contributed by atoms with E-state index >= 15 is 0 Å². The van der Waals surface area contributed by atoms with Gasteiger partial charge in [0.1, 0.15) is 13.2 Å². The molecule has 1 fully saturated rings. The Balaban J connectivity index is 2.12. The number of rotatable bonds is 4. The van der Waals surface area contributed by atoms with Crippen molar-refractivity contribution < 1.29 is 24.1 Å². The summed E-state index contributed by atoms with van der Waals surface area (Å²) in [5, 5.41) is 9.44. The van der Waals surface area contributed by atoms with E-state index in [1.807, 2.05) is 6.07 Å². The number of carboxylic acids is 1. The molecule has 102 valence electrons. The summed E-state index contributed by atoms with van der Waals surface area (Å²) in [5.74, 6) is 0.530. The van der Waals surface area contributed by atoms with Gasteiger partial charge in [-0.2, -0.15) is 0 Å². The standard InChI is InChI=1S/C14H16O5/c1-17-8-9-10(14(4-5-14)13(15)16)2-3-11-12(9)19-7-6-18-11/h2-3H,4-8H2,1H3,(H,15,16). The molecule has 0 unspecified atom stereocenters. The van der Waals surface area contributed by atoms with Gasteiger partial charge in [-0.25, -0.2) is 0 Å². The average molecular weight is 264 g/mol. The lowest BCUT2D eigenvalue weighted by Gasteiger charge is -2.24. The van der Waals surface area contributed by atoms with Crippen LogP contribution in [0.25, 0.3) is 0 Å². The lowest BCUT2D eigenvalue weighted by atomic mass is 9.90. The Morgan fingerprint density at radius 2 is 2.11 bits per heavy atom. The molecule has 0 radical (unpaired) electrons. The third-order valence-corrected chi connectivity index (χ3v) is 3.78. The van der Waals surface area contributed by atoms with E-state index in [-0.39, 0.29) is 0 Å². The van der Waals surface area contributed by atoms with Crippen LogP contribution in [0.15, 0.2) is 12.1 Å². The maximum atomic E-state index is 11.5. The lowest BCUT2D eigenvalue weighted by Crippen LogP contribution is -2.24. The number of benzene rings is 1. The largest absolute Gasteiger partial charge is 0.486 e. The molecule has 19 heavy (non-hydrogen) atoms. The SMILES string of the molecule is COCc1c(C2(C(=O)O)CC2)ccc2c1OCCO2. The Morgan fingerprint density at radius 3 is 2.74 bits per heavy atom. The van der Waals surface area contributed by atoms with E-state index in [0.29, 0.717) is 44.2 Å². The average Bonchev–Trinajstić information content (AvgIpc) is 3.21. The van der Waals surface area contributed by atoms with Crippen molar-refractivity contribution in [3.05, 3.63) is 23.3 Å². The van der Waals surface area contributed by atoms with Crippen LogP contribution in [0, 0.1) is 0 Å². The minimum Gasteiger partial charge on any atom is -0.486 e. The number of methoxy groups -OCH3 is 1. The van der Waals surface area contributed by atoms with Crippen molar-refractivity contribution in [1.29, 1.82) is 0 Å². The first kappa shape index (κ1) is 12.3. The normalized spacial score (nSPS) is 19.0. The van der Waals surface area contributed by atoms with Gasteiger partial charge in [0.15, 0.2) is 11.5 Å².